The number of carbonyl (C=O) groups excluding carboxylic acids is 4. The van der Waals surface area contributed by atoms with Crippen LogP contribution in [0.5, 0.6) is 0 Å². The predicted molar refractivity (Wildman–Crippen MR) is 372 cm³/mol. The van der Waals surface area contributed by atoms with E-state index >= 15 is 0 Å². The highest BCUT2D eigenvalue weighted by Gasteiger charge is 2.30. The Morgan fingerprint density at radius 2 is 0.522 bits per heavy atom. The summed E-state index contributed by atoms with van der Waals surface area (Å²) in [5, 5.41) is 10.6. The molecule has 0 aliphatic heterocycles. The van der Waals surface area contributed by atoms with E-state index in [9.17, 15) is 43.2 Å². The van der Waals surface area contributed by atoms with Crippen molar-refractivity contribution < 1.29 is 80.2 Å². The SMILES string of the molecule is CCC(C)CCCCCCCCC(=O)OC[C@H](COP(=O)(O)OC[C@H](O)COP(=O)(O)OC[C@@H](COC(=O)CCCCCCCCCCCCCC(C)C)OC(=O)CCCCCCCCCCCCCCCCC(C)C)OC(=O)CCCCCCCCCCC(C)C. The van der Waals surface area contributed by atoms with Crippen molar-refractivity contribution in [1.29, 1.82) is 0 Å². The van der Waals surface area contributed by atoms with Crippen LogP contribution in [0.4, 0.5) is 0 Å². The molecule has 0 bridgehead atoms. The number of unbranched alkanes of at least 4 members (excludes halogenated alkanes) is 35. The van der Waals surface area contributed by atoms with E-state index in [0.29, 0.717) is 25.7 Å². The summed E-state index contributed by atoms with van der Waals surface area (Å²) >= 11 is 0. The zero-order valence-electron chi connectivity index (χ0n) is 60.2. The highest BCUT2D eigenvalue weighted by Crippen LogP contribution is 2.45. The molecule has 0 aromatic rings. The summed E-state index contributed by atoms with van der Waals surface area (Å²) in [4.78, 5) is 72.7. The van der Waals surface area contributed by atoms with Crippen LogP contribution in [0.1, 0.15) is 364 Å². The summed E-state index contributed by atoms with van der Waals surface area (Å²) in [6, 6.07) is 0. The lowest BCUT2D eigenvalue weighted by atomic mass is 10.00. The van der Waals surface area contributed by atoms with Crippen LogP contribution in [0.15, 0.2) is 0 Å². The minimum Gasteiger partial charge on any atom is -0.462 e. The lowest BCUT2D eigenvalue weighted by Crippen LogP contribution is -2.30. The lowest BCUT2D eigenvalue weighted by Gasteiger charge is -2.21. The molecule has 546 valence electrons. The number of phosphoric acid groups is 2. The summed E-state index contributed by atoms with van der Waals surface area (Å²) in [6.07, 6.45) is 45.9. The van der Waals surface area contributed by atoms with Crippen molar-refractivity contribution in [3.63, 3.8) is 0 Å². The van der Waals surface area contributed by atoms with Crippen LogP contribution < -0.4 is 0 Å². The van der Waals surface area contributed by atoms with Crippen LogP contribution in [-0.2, 0) is 65.4 Å². The Morgan fingerprint density at radius 3 is 0.772 bits per heavy atom. The van der Waals surface area contributed by atoms with Crippen LogP contribution in [0.3, 0.4) is 0 Å². The number of rotatable bonds is 70. The molecule has 0 spiro atoms. The van der Waals surface area contributed by atoms with Crippen molar-refractivity contribution in [3.05, 3.63) is 0 Å². The molecule has 0 aromatic heterocycles. The first-order valence-electron chi connectivity index (χ1n) is 37.7. The van der Waals surface area contributed by atoms with Crippen LogP contribution >= 0.6 is 15.6 Å². The summed E-state index contributed by atoms with van der Waals surface area (Å²) in [5.41, 5.74) is 0. The lowest BCUT2D eigenvalue weighted by molar-refractivity contribution is -0.161. The van der Waals surface area contributed by atoms with Gasteiger partial charge in [0, 0.05) is 25.7 Å². The molecule has 6 atom stereocenters. The highest BCUT2D eigenvalue weighted by molar-refractivity contribution is 7.47. The number of hydrogen-bond acceptors (Lipinski definition) is 15. The van der Waals surface area contributed by atoms with E-state index in [1.165, 1.54) is 161 Å². The first-order chi connectivity index (χ1) is 44.1. The van der Waals surface area contributed by atoms with Crippen molar-refractivity contribution in [1.82, 2.24) is 0 Å². The van der Waals surface area contributed by atoms with E-state index in [1.807, 2.05) is 0 Å². The number of aliphatic hydroxyl groups is 1. The molecule has 17 nitrogen and oxygen atoms in total. The number of phosphoric ester groups is 2. The molecule has 0 aromatic carbocycles. The van der Waals surface area contributed by atoms with Gasteiger partial charge in [-0.2, -0.15) is 0 Å². The van der Waals surface area contributed by atoms with Gasteiger partial charge in [-0.15, -0.1) is 0 Å². The quantitative estimate of drug-likeness (QED) is 0.0222. The fourth-order valence-electron chi connectivity index (χ4n) is 11.0. The maximum Gasteiger partial charge on any atom is 0.472 e. The van der Waals surface area contributed by atoms with Gasteiger partial charge in [0.2, 0.25) is 0 Å². The number of aliphatic hydroxyl groups excluding tert-OH is 1. The third-order valence-corrected chi connectivity index (χ3v) is 19.1. The van der Waals surface area contributed by atoms with Gasteiger partial charge < -0.3 is 33.8 Å². The topological polar surface area (TPSA) is 237 Å². The number of esters is 4. The van der Waals surface area contributed by atoms with Gasteiger partial charge in [0.15, 0.2) is 12.2 Å². The number of hydrogen-bond donors (Lipinski definition) is 3. The average molecular weight is 1350 g/mol. The molecule has 0 rings (SSSR count). The highest BCUT2D eigenvalue weighted by atomic mass is 31.2. The third kappa shape index (κ3) is 65.4. The standard InChI is InChI=1S/C73H142O17P2/c1-9-66(8)52-44-36-31-32-38-46-54-71(76)84-60-69(90-73(78)56-48-40-30-24-23-27-35-43-51-65(6)7)62-88-92(81,82)86-58-67(74)57-85-91(79,80)87-61-68(59-83-70(75)53-45-37-28-21-18-14-16-20-26-34-42-50-64(4)5)89-72(77)55-47-39-29-22-17-13-11-10-12-15-19-25-33-41-49-63(2)3/h63-69,74H,9-62H2,1-8H3,(H,79,80)(H,81,82)/t66?,67-,68-,69-/m1/s1. The Labute approximate surface area is 562 Å². The maximum absolute atomic E-state index is 13.1. The van der Waals surface area contributed by atoms with Crippen LogP contribution in [-0.4, -0.2) is 96.7 Å². The average Bonchev–Trinajstić information content (AvgIpc) is 3.66. The summed E-state index contributed by atoms with van der Waals surface area (Å²) in [6.45, 7) is 14.1. The predicted octanol–water partition coefficient (Wildman–Crippen LogP) is 20.9. The molecule has 0 aliphatic rings. The van der Waals surface area contributed by atoms with Gasteiger partial charge in [0.05, 0.1) is 26.4 Å². The smallest absolute Gasteiger partial charge is 0.462 e. The molecule has 0 saturated carbocycles. The molecule has 0 radical (unpaired) electrons. The van der Waals surface area contributed by atoms with E-state index < -0.39 is 97.5 Å². The first-order valence-corrected chi connectivity index (χ1v) is 40.7. The molecule has 0 amide bonds. The second-order valence-corrected chi connectivity index (χ2v) is 30.9. The molecule has 92 heavy (non-hydrogen) atoms. The third-order valence-electron chi connectivity index (χ3n) is 17.2. The van der Waals surface area contributed by atoms with Crippen molar-refractivity contribution in [2.24, 2.45) is 23.7 Å². The minimum absolute atomic E-state index is 0.103. The van der Waals surface area contributed by atoms with E-state index in [4.69, 9.17) is 37.0 Å². The first kappa shape index (κ1) is 90.1. The van der Waals surface area contributed by atoms with E-state index in [0.717, 1.165) is 120 Å². The molecular weight excluding hydrogens is 1210 g/mol. The van der Waals surface area contributed by atoms with E-state index in [-0.39, 0.29) is 25.7 Å². The van der Waals surface area contributed by atoms with Gasteiger partial charge in [-0.1, -0.05) is 312 Å². The summed E-state index contributed by atoms with van der Waals surface area (Å²) in [7, 11) is -9.91. The van der Waals surface area contributed by atoms with Gasteiger partial charge >= 0.3 is 39.5 Å². The molecule has 0 aliphatic carbocycles. The van der Waals surface area contributed by atoms with Gasteiger partial charge in [-0.3, -0.25) is 37.3 Å². The Morgan fingerprint density at radius 1 is 0.304 bits per heavy atom. The molecule has 0 fully saturated rings. The Hall–Kier alpha value is -1.94. The molecular formula is C73H142O17P2. The van der Waals surface area contributed by atoms with Crippen molar-refractivity contribution in [2.45, 2.75) is 382 Å². The van der Waals surface area contributed by atoms with E-state index in [1.54, 1.807) is 0 Å². The summed E-state index contributed by atoms with van der Waals surface area (Å²) in [5.74, 6) is 0.888. The normalized spacial score (nSPS) is 14.5. The second kappa shape index (κ2) is 62.6. The molecule has 3 unspecified atom stereocenters. The van der Waals surface area contributed by atoms with Crippen molar-refractivity contribution >= 4 is 39.5 Å². The number of carbonyl (C=O) groups is 4. The fraction of sp³-hybridized carbons (Fsp3) is 0.945. The maximum atomic E-state index is 13.1. The van der Waals surface area contributed by atoms with Crippen LogP contribution in [0.2, 0.25) is 0 Å². The Kier molecular flexibility index (Phi) is 61.3. The monoisotopic (exact) mass is 1350 g/mol. The second-order valence-electron chi connectivity index (χ2n) is 28.0. The van der Waals surface area contributed by atoms with Gasteiger partial charge in [0.25, 0.3) is 0 Å². The van der Waals surface area contributed by atoms with Gasteiger partial charge in [0.1, 0.15) is 19.3 Å². The van der Waals surface area contributed by atoms with Crippen LogP contribution in [0, 0.1) is 23.7 Å². The van der Waals surface area contributed by atoms with Crippen molar-refractivity contribution in [2.75, 3.05) is 39.6 Å². The van der Waals surface area contributed by atoms with Gasteiger partial charge in [-0.05, 0) is 49.4 Å². The Bertz CT molecular complexity index is 1820. The molecule has 0 heterocycles. The zero-order chi connectivity index (χ0) is 68.2. The van der Waals surface area contributed by atoms with Gasteiger partial charge in [-0.25, -0.2) is 9.13 Å². The molecule has 3 N–H and O–H groups in total. The summed E-state index contributed by atoms with van der Waals surface area (Å²) < 4.78 is 68.4. The minimum atomic E-state index is -4.96. The number of ether oxygens (including phenoxy) is 4. The molecule has 0 saturated heterocycles. The largest absolute Gasteiger partial charge is 0.472 e. The van der Waals surface area contributed by atoms with Crippen molar-refractivity contribution in [3.8, 4) is 0 Å². The Balaban J connectivity index is 5.25. The van der Waals surface area contributed by atoms with Crippen LogP contribution in [0.25, 0.3) is 0 Å². The fourth-order valence-corrected chi connectivity index (χ4v) is 12.6. The zero-order valence-corrected chi connectivity index (χ0v) is 62.0. The van der Waals surface area contributed by atoms with E-state index in [2.05, 4.69) is 55.4 Å². The molecule has 19 heteroatoms.